The first-order chi connectivity index (χ1) is 23.3. The molecule has 3 heteroatoms. The number of para-hydroxylation sites is 1. The van der Waals surface area contributed by atoms with E-state index in [1.807, 2.05) is 23.5 Å². The minimum atomic E-state index is 0.896. The van der Waals surface area contributed by atoms with Gasteiger partial charge in [0.1, 0.15) is 11.2 Å². The van der Waals surface area contributed by atoms with Crippen LogP contribution in [0.3, 0.4) is 0 Å². The number of nitrogens with zero attached hydrogens (tertiary/aromatic N) is 1. The number of rotatable bonds is 4. The fourth-order valence-corrected chi connectivity index (χ4v) is 8.43. The zero-order chi connectivity index (χ0) is 30.9. The maximum Gasteiger partial charge on any atom is 0.135 e. The third-order valence-corrected chi connectivity index (χ3v) is 10.6. The lowest BCUT2D eigenvalue weighted by atomic mass is 9.93. The number of fused-ring (bicyclic) bond motifs is 9. The van der Waals surface area contributed by atoms with Crippen LogP contribution in [0.5, 0.6) is 0 Å². The molecule has 0 fully saturated rings. The summed E-state index contributed by atoms with van der Waals surface area (Å²) in [5.41, 5.74) is 7.61. The largest absolute Gasteiger partial charge is 0.456 e. The molecule has 0 saturated carbocycles. The van der Waals surface area contributed by atoms with E-state index in [0.29, 0.717) is 0 Å². The van der Waals surface area contributed by atoms with Crippen LogP contribution >= 0.6 is 11.3 Å². The van der Waals surface area contributed by atoms with Crippen LogP contribution in [0.1, 0.15) is 0 Å². The smallest absolute Gasteiger partial charge is 0.135 e. The molecule has 0 aliphatic rings. The van der Waals surface area contributed by atoms with Crippen LogP contribution in [0.4, 0.5) is 17.1 Å². The molecule has 10 aromatic rings. The van der Waals surface area contributed by atoms with Gasteiger partial charge in [-0.15, -0.1) is 11.3 Å². The van der Waals surface area contributed by atoms with Gasteiger partial charge in [-0.1, -0.05) is 103 Å². The van der Waals surface area contributed by atoms with E-state index in [4.69, 9.17) is 4.42 Å². The molecule has 2 nitrogen and oxygen atoms in total. The number of hydrogen-bond donors (Lipinski definition) is 0. The maximum atomic E-state index is 6.23. The first-order valence-corrected chi connectivity index (χ1v) is 16.7. The SMILES string of the molecule is c1ccc2c(c1)cc(-c1ccc(N(c3ccc4oc5ccccc5c4c3)c3cccc4sc5ccccc5c34)cc1)c1ccccc12. The molecule has 0 saturated heterocycles. The van der Waals surface area contributed by atoms with Crippen LogP contribution in [0, 0.1) is 0 Å². The molecule has 0 N–H and O–H groups in total. The number of anilines is 3. The summed E-state index contributed by atoms with van der Waals surface area (Å²) in [6, 6.07) is 59.1. The van der Waals surface area contributed by atoms with Gasteiger partial charge in [0.05, 0.1) is 5.69 Å². The van der Waals surface area contributed by atoms with Gasteiger partial charge in [0.2, 0.25) is 0 Å². The molecule has 220 valence electrons. The average Bonchev–Trinajstić information content (AvgIpc) is 3.70. The van der Waals surface area contributed by atoms with Crippen molar-refractivity contribution in [2.75, 3.05) is 4.90 Å². The van der Waals surface area contributed by atoms with Crippen molar-refractivity contribution in [2.24, 2.45) is 0 Å². The molecule has 2 aromatic heterocycles. The van der Waals surface area contributed by atoms with Crippen molar-refractivity contribution in [3.05, 3.63) is 164 Å². The van der Waals surface area contributed by atoms with Gasteiger partial charge >= 0.3 is 0 Å². The van der Waals surface area contributed by atoms with Crippen molar-refractivity contribution in [3.63, 3.8) is 0 Å². The highest BCUT2D eigenvalue weighted by molar-refractivity contribution is 7.26. The lowest BCUT2D eigenvalue weighted by Crippen LogP contribution is -2.10. The van der Waals surface area contributed by atoms with Gasteiger partial charge < -0.3 is 9.32 Å². The number of hydrogen-bond acceptors (Lipinski definition) is 3. The molecule has 8 aromatic carbocycles. The van der Waals surface area contributed by atoms with Crippen molar-refractivity contribution in [1.82, 2.24) is 0 Å². The van der Waals surface area contributed by atoms with E-state index in [-0.39, 0.29) is 0 Å². The topological polar surface area (TPSA) is 16.4 Å². The Labute approximate surface area is 275 Å². The van der Waals surface area contributed by atoms with Gasteiger partial charge in [0.15, 0.2) is 0 Å². The van der Waals surface area contributed by atoms with Crippen LogP contribution in [0.15, 0.2) is 168 Å². The molecular formula is C44H27NOS. The van der Waals surface area contributed by atoms with Gasteiger partial charge in [-0.25, -0.2) is 0 Å². The van der Waals surface area contributed by atoms with Gasteiger partial charge in [-0.05, 0) is 93.3 Å². The lowest BCUT2D eigenvalue weighted by Gasteiger charge is -2.27. The van der Waals surface area contributed by atoms with E-state index >= 15 is 0 Å². The summed E-state index contributed by atoms with van der Waals surface area (Å²) in [4.78, 5) is 2.41. The molecule has 0 bridgehead atoms. The highest BCUT2D eigenvalue weighted by Gasteiger charge is 2.20. The zero-order valence-electron chi connectivity index (χ0n) is 25.4. The molecule has 0 aliphatic carbocycles. The molecule has 0 aliphatic heterocycles. The van der Waals surface area contributed by atoms with E-state index in [0.717, 1.165) is 39.0 Å². The van der Waals surface area contributed by atoms with Crippen LogP contribution in [-0.4, -0.2) is 0 Å². The second kappa shape index (κ2) is 10.3. The van der Waals surface area contributed by atoms with Crippen LogP contribution < -0.4 is 4.90 Å². The molecule has 0 unspecified atom stereocenters. The quantitative estimate of drug-likeness (QED) is 0.183. The molecule has 2 heterocycles. The van der Waals surface area contributed by atoms with Gasteiger partial charge in [0, 0.05) is 42.3 Å². The normalized spacial score (nSPS) is 11.8. The third-order valence-electron chi connectivity index (χ3n) is 9.44. The molecule has 0 amide bonds. The summed E-state index contributed by atoms with van der Waals surface area (Å²) < 4.78 is 8.80. The Bertz CT molecular complexity index is 2810. The Morgan fingerprint density at radius 3 is 1.96 bits per heavy atom. The summed E-state index contributed by atoms with van der Waals surface area (Å²) in [5, 5.41) is 9.88. The lowest BCUT2D eigenvalue weighted by molar-refractivity contribution is 0.669. The summed E-state index contributed by atoms with van der Waals surface area (Å²) in [5.74, 6) is 0. The monoisotopic (exact) mass is 617 g/mol. The molecule has 0 spiro atoms. The molecule has 0 atom stereocenters. The highest BCUT2D eigenvalue weighted by Crippen LogP contribution is 2.46. The predicted octanol–water partition coefficient (Wildman–Crippen LogP) is 13.4. The average molecular weight is 618 g/mol. The molecule has 47 heavy (non-hydrogen) atoms. The second-order valence-corrected chi connectivity index (χ2v) is 13.2. The van der Waals surface area contributed by atoms with Crippen molar-refractivity contribution in [1.29, 1.82) is 0 Å². The van der Waals surface area contributed by atoms with E-state index in [2.05, 4.69) is 157 Å². The minimum Gasteiger partial charge on any atom is -0.456 e. The Hall–Kier alpha value is -5.90. The van der Waals surface area contributed by atoms with Crippen molar-refractivity contribution < 1.29 is 4.42 Å². The molecule has 0 radical (unpaired) electrons. The van der Waals surface area contributed by atoms with Gasteiger partial charge in [-0.3, -0.25) is 0 Å². The van der Waals surface area contributed by atoms with E-state index in [9.17, 15) is 0 Å². The summed E-state index contributed by atoms with van der Waals surface area (Å²) in [6.45, 7) is 0. The van der Waals surface area contributed by atoms with Crippen LogP contribution in [0.25, 0.3) is 74.8 Å². The third kappa shape index (κ3) is 4.10. The van der Waals surface area contributed by atoms with Crippen LogP contribution in [-0.2, 0) is 0 Å². The van der Waals surface area contributed by atoms with Crippen molar-refractivity contribution in [2.45, 2.75) is 0 Å². The Morgan fingerprint density at radius 2 is 1.09 bits per heavy atom. The number of benzene rings is 8. The second-order valence-electron chi connectivity index (χ2n) is 12.1. The predicted molar refractivity (Wildman–Crippen MR) is 202 cm³/mol. The summed E-state index contributed by atoms with van der Waals surface area (Å²) >= 11 is 1.85. The van der Waals surface area contributed by atoms with E-state index in [1.165, 1.54) is 52.8 Å². The Balaban J connectivity index is 1.20. The Kier molecular flexibility index (Phi) is 5.78. The van der Waals surface area contributed by atoms with Crippen LogP contribution in [0.2, 0.25) is 0 Å². The highest BCUT2D eigenvalue weighted by atomic mass is 32.1. The fraction of sp³-hybridized carbons (Fsp3) is 0. The standard InChI is InChI=1S/C44H27NOS/c1-2-11-32-29(10-1)26-37(34-13-4-3-12-33(32)34)28-20-22-30(23-21-28)45(31-24-25-41-38(27-31)35-14-5-7-17-40(35)46-41)39-16-9-19-43-44(39)36-15-6-8-18-42(36)47-43/h1-27H. The first kappa shape index (κ1) is 26.3. The van der Waals surface area contributed by atoms with E-state index < -0.39 is 0 Å². The molecule has 10 rings (SSSR count). The molecular weight excluding hydrogens is 591 g/mol. The maximum absolute atomic E-state index is 6.23. The summed E-state index contributed by atoms with van der Waals surface area (Å²) in [6.07, 6.45) is 0. The zero-order valence-corrected chi connectivity index (χ0v) is 26.2. The first-order valence-electron chi connectivity index (χ1n) is 15.9. The van der Waals surface area contributed by atoms with Crippen molar-refractivity contribution in [3.8, 4) is 11.1 Å². The van der Waals surface area contributed by atoms with E-state index in [1.54, 1.807) is 0 Å². The number of furan rings is 1. The minimum absolute atomic E-state index is 0.896. The van der Waals surface area contributed by atoms with Gasteiger partial charge in [0.25, 0.3) is 0 Å². The Morgan fingerprint density at radius 1 is 0.426 bits per heavy atom. The summed E-state index contributed by atoms with van der Waals surface area (Å²) in [7, 11) is 0. The van der Waals surface area contributed by atoms with Gasteiger partial charge in [-0.2, -0.15) is 0 Å². The number of thiophene rings is 1. The van der Waals surface area contributed by atoms with Crippen molar-refractivity contribution >= 4 is 92.1 Å². The fourth-order valence-electron chi connectivity index (χ4n) is 7.31.